The Bertz CT molecular complexity index is 1440. The molecule has 1 aliphatic rings. The first-order chi connectivity index (χ1) is 15.9. The molecule has 33 heavy (non-hydrogen) atoms. The molecule has 5 rings (SSSR count). The van der Waals surface area contributed by atoms with Gasteiger partial charge in [0.2, 0.25) is 5.95 Å². The lowest BCUT2D eigenvalue weighted by Gasteiger charge is -2.23. The summed E-state index contributed by atoms with van der Waals surface area (Å²) in [5.74, 6) is -2.65. The molecule has 1 unspecified atom stereocenters. The normalized spacial score (nSPS) is 17.8. The van der Waals surface area contributed by atoms with E-state index in [4.69, 9.17) is 0 Å². The molecule has 0 saturated carbocycles. The van der Waals surface area contributed by atoms with Crippen molar-refractivity contribution >= 4 is 34.4 Å². The van der Waals surface area contributed by atoms with Gasteiger partial charge in [0.15, 0.2) is 0 Å². The number of anilines is 1. The molecule has 1 amide bonds. The van der Waals surface area contributed by atoms with Gasteiger partial charge in [-0.15, -0.1) is 0 Å². The molecule has 164 valence electrons. The van der Waals surface area contributed by atoms with E-state index in [0.717, 1.165) is 16.0 Å². The lowest BCUT2D eigenvalue weighted by Crippen LogP contribution is -2.30. The van der Waals surface area contributed by atoms with E-state index in [1.165, 1.54) is 18.2 Å². The maximum Gasteiger partial charge on any atom is 0.302 e. The first-order valence-electron chi connectivity index (χ1n) is 10.4. The van der Waals surface area contributed by atoms with Gasteiger partial charge in [-0.2, -0.15) is 0 Å². The molecule has 0 aliphatic carbocycles. The zero-order chi connectivity index (χ0) is 23.3. The van der Waals surface area contributed by atoms with Crippen LogP contribution in [0.25, 0.3) is 16.8 Å². The second-order valence-corrected chi connectivity index (χ2v) is 8.07. The van der Waals surface area contributed by atoms with Crippen LogP contribution in [-0.4, -0.2) is 26.8 Å². The van der Waals surface area contributed by atoms with Gasteiger partial charge in [-0.3, -0.25) is 14.5 Å². The van der Waals surface area contributed by atoms with Gasteiger partial charge in [0.1, 0.15) is 17.6 Å². The second-order valence-electron chi connectivity index (χ2n) is 8.07. The van der Waals surface area contributed by atoms with Gasteiger partial charge in [0.25, 0.3) is 5.78 Å². The highest BCUT2D eigenvalue weighted by Crippen LogP contribution is 2.42. The Labute approximate surface area is 189 Å². The van der Waals surface area contributed by atoms with Crippen LogP contribution in [0.3, 0.4) is 0 Å². The zero-order valence-electron chi connectivity index (χ0n) is 18.0. The number of Topliss-reactive ketones (excluding diaryl/α,β-unsaturated/α-hetero) is 1. The van der Waals surface area contributed by atoms with Crippen LogP contribution in [0, 0.1) is 19.7 Å². The first kappa shape index (κ1) is 20.6. The lowest BCUT2D eigenvalue weighted by molar-refractivity contribution is -0.132. The van der Waals surface area contributed by atoms with Crippen molar-refractivity contribution in [3.63, 3.8) is 0 Å². The molecular formula is C26H20FN3O3. The summed E-state index contributed by atoms with van der Waals surface area (Å²) < 4.78 is 15.0. The molecule has 2 N–H and O–H groups in total. The average molecular weight is 441 g/mol. The number of carbonyl (C=O) groups is 2. The monoisotopic (exact) mass is 441 g/mol. The molecule has 0 bridgehead atoms. The fourth-order valence-electron chi connectivity index (χ4n) is 4.14. The number of halogens is 1. The summed E-state index contributed by atoms with van der Waals surface area (Å²) >= 11 is 0. The number of ketones is 1. The summed E-state index contributed by atoms with van der Waals surface area (Å²) in [4.78, 5) is 35.0. The maximum atomic E-state index is 15.0. The Morgan fingerprint density at radius 1 is 1.00 bits per heavy atom. The number of hydrogen-bond acceptors (Lipinski definition) is 4. The van der Waals surface area contributed by atoms with Crippen LogP contribution in [0.5, 0.6) is 0 Å². The van der Waals surface area contributed by atoms with E-state index < -0.39 is 23.5 Å². The Kier molecular flexibility index (Phi) is 4.82. The summed E-state index contributed by atoms with van der Waals surface area (Å²) in [6.07, 6.45) is 0. The number of aromatic nitrogens is 2. The van der Waals surface area contributed by atoms with Crippen molar-refractivity contribution in [3.8, 4) is 0 Å². The molecule has 6 nitrogen and oxygen atoms in total. The average Bonchev–Trinajstić information content (AvgIpc) is 3.34. The highest BCUT2D eigenvalue weighted by molar-refractivity contribution is 6.51. The molecule has 0 spiro atoms. The van der Waals surface area contributed by atoms with Crippen molar-refractivity contribution in [3.05, 3.63) is 100 Å². The second kappa shape index (κ2) is 7.70. The predicted molar refractivity (Wildman–Crippen MR) is 123 cm³/mol. The van der Waals surface area contributed by atoms with Crippen LogP contribution in [0.1, 0.15) is 28.3 Å². The van der Waals surface area contributed by atoms with E-state index in [2.05, 4.69) is 9.97 Å². The number of aliphatic hydroxyl groups excluding tert-OH is 1. The number of para-hydroxylation sites is 2. The van der Waals surface area contributed by atoms with Gasteiger partial charge in [-0.25, -0.2) is 9.37 Å². The molecule has 1 aliphatic heterocycles. The van der Waals surface area contributed by atoms with Crippen LogP contribution in [0.15, 0.2) is 72.3 Å². The third-order valence-electron chi connectivity index (χ3n) is 6.03. The molecule has 4 aromatic rings. The predicted octanol–water partition coefficient (Wildman–Crippen LogP) is 4.95. The lowest BCUT2D eigenvalue weighted by atomic mass is 9.94. The fraction of sp³-hybridized carbons (Fsp3) is 0.115. The Morgan fingerprint density at radius 3 is 2.45 bits per heavy atom. The van der Waals surface area contributed by atoms with E-state index in [1.807, 2.05) is 26.0 Å². The van der Waals surface area contributed by atoms with Gasteiger partial charge >= 0.3 is 5.91 Å². The standard InChI is InChI=1S/C26H20FN3O3/c1-14-11-12-16(13-15(14)2)23(31)21-22(17-7-3-4-8-18(17)27)30(25(33)24(21)32)26-28-19-9-5-6-10-20(19)29-26/h3-13,22,31H,1-2H3,(H,28,29)/b23-21+. The molecule has 3 aromatic carbocycles. The number of amides is 1. The van der Waals surface area contributed by atoms with Gasteiger partial charge in [0.05, 0.1) is 16.6 Å². The SMILES string of the molecule is Cc1ccc(/C(O)=C2\C(=O)C(=O)N(c3nc4ccccc4[nH]3)C2c2ccccc2F)cc1C. The largest absolute Gasteiger partial charge is 0.507 e. The Hall–Kier alpha value is -4.26. The topological polar surface area (TPSA) is 86.3 Å². The van der Waals surface area contributed by atoms with Crippen molar-refractivity contribution < 1.29 is 19.1 Å². The number of nitrogens with one attached hydrogen (secondary N) is 1. The Morgan fingerprint density at radius 2 is 1.73 bits per heavy atom. The van der Waals surface area contributed by atoms with Gasteiger partial charge in [-0.1, -0.05) is 42.5 Å². The van der Waals surface area contributed by atoms with Crippen molar-refractivity contribution in [2.75, 3.05) is 4.90 Å². The molecule has 1 atom stereocenters. The number of nitrogens with zero attached hydrogens (tertiary/aromatic N) is 2. The number of imidazole rings is 1. The zero-order valence-corrected chi connectivity index (χ0v) is 18.0. The maximum absolute atomic E-state index is 15.0. The number of aliphatic hydroxyl groups is 1. The third-order valence-corrected chi connectivity index (χ3v) is 6.03. The van der Waals surface area contributed by atoms with Crippen LogP contribution >= 0.6 is 0 Å². The van der Waals surface area contributed by atoms with E-state index in [0.29, 0.717) is 16.6 Å². The van der Waals surface area contributed by atoms with Crippen molar-refractivity contribution in [1.82, 2.24) is 9.97 Å². The number of aromatic amines is 1. The number of fused-ring (bicyclic) bond motifs is 1. The molecule has 1 saturated heterocycles. The molecule has 1 fully saturated rings. The number of rotatable bonds is 3. The number of H-pyrrole nitrogens is 1. The quantitative estimate of drug-likeness (QED) is 0.268. The van der Waals surface area contributed by atoms with Gasteiger partial charge in [-0.05, 0) is 49.2 Å². The van der Waals surface area contributed by atoms with Crippen LogP contribution < -0.4 is 4.90 Å². The Balaban J connectivity index is 1.76. The molecule has 7 heteroatoms. The third kappa shape index (κ3) is 3.29. The van der Waals surface area contributed by atoms with Gasteiger partial charge in [0, 0.05) is 11.1 Å². The highest BCUT2D eigenvalue weighted by Gasteiger charge is 2.49. The minimum Gasteiger partial charge on any atom is -0.507 e. The first-order valence-corrected chi connectivity index (χ1v) is 10.4. The van der Waals surface area contributed by atoms with Crippen LogP contribution in [0.4, 0.5) is 10.3 Å². The summed E-state index contributed by atoms with van der Waals surface area (Å²) in [6, 6.07) is 17.1. The minimum atomic E-state index is -1.19. The van der Waals surface area contributed by atoms with E-state index in [-0.39, 0.29) is 22.8 Å². The summed E-state index contributed by atoms with van der Waals surface area (Å²) in [5.41, 5.74) is 3.46. The van der Waals surface area contributed by atoms with Crippen LogP contribution in [0.2, 0.25) is 0 Å². The van der Waals surface area contributed by atoms with E-state index in [9.17, 15) is 19.1 Å². The van der Waals surface area contributed by atoms with Crippen molar-refractivity contribution in [2.45, 2.75) is 19.9 Å². The number of benzene rings is 3. The van der Waals surface area contributed by atoms with Gasteiger partial charge < -0.3 is 10.1 Å². The van der Waals surface area contributed by atoms with E-state index >= 15 is 0 Å². The summed E-state index contributed by atoms with van der Waals surface area (Å²) in [6.45, 7) is 3.81. The number of hydrogen-bond donors (Lipinski definition) is 2. The van der Waals surface area contributed by atoms with Crippen molar-refractivity contribution in [1.29, 1.82) is 0 Å². The molecule has 0 radical (unpaired) electrons. The van der Waals surface area contributed by atoms with Crippen LogP contribution in [-0.2, 0) is 9.59 Å². The number of aryl methyl sites for hydroxylation is 2. The highest BCUT2D eigenvalue weighted by atomic mass is 19.1. The summed E-state index contributed by atoms with van der Waals surface area (Å²) in [5, 5.41) is 11.2. The molecule has 2 heterocycles. The van der Waals surface area contributed by atoms with E-state index in [1.54, 1.807) is 36.4 Å². The minimum absolute atomic E-state index is 0.0857. The molecule has 1 aromatic heterocycles. The number of carbonyl (C=O) groups excluding carboxylic acids is 2. The smallest absolute Gasteiger partial charge is 0.302 e. The fourth-order valence-corrected chi connectivity index (χ4v) is 4.14. The molecular weight excluding hydrogens is 421 g/mol. The summed E-state index contributed by atoms with van der Waals surface area (Å²) in [7, 11) is 0. The van der Waals surface area contributed by atoms with Crippen molar-refractivity contribution in [2.24, 2.45) is 0 Å².